The summed E-state index contributed by atoms with van der Waals surface area (Å²) in [5.74, 6) is 1.67. The lowest BCUT2D eigenvalue weighted by Gasteiger charge is -2.30. The second-order valence-electron chi connectivity index (χ2n) is 7.29. The molecule has 0 amide bonds. The van der Waals surface area contributed by atoms with E-state index in [1.165, 1.54) is 25.9 Å². The molecule has 0 saturated carbocycles. The first-order valence-electron chi connectivity index (χ1n) is 9.51. The first kappa shape index (κ1) is 20.2. The SMILES string of the molecule is CCNC(=NCC(C)(O)c1ccsc1)NCCCN1CCC(C)CC1. The third-order valence-electron chi connectivity index (χ3n) is 4.85. The molecule has 1 atom stereocenters. The highest BCUT2D eigenvalue weighted by Crippen LogP contribution is 2.23. The van der Waals surface area contributed by atoms with Crippen LogP contribution in [-0.2, 0) is 5.60 Å². The van der Waals surface area contributed by atoms with E-state index < -0.39 is 5.60 Å². The fourth-order valence-electron chi connectivity index (χ4n) is 3.03. The monoisotopic (exact) mass is 366 g/mol. The van der Waals surface area contributed by atoms with Gasteiger partial charge in [-0.2, -0.15) is 11.3 Å². The summed E-state index contributed by atoms with van der Waals surface area (Å²) in [5.41, 5.74) is 0.00348. The highest BCUT2D eigenvalue weighted by atomic mass is 32.1. The molecule has 142 valence electrons. The van der Waals surface area contributed by atoms with Gasteiger partial charge in [-0.05, 0) is 81.1 Å². The Hall–Kier alpha value is -1.11. The molecule has 1 aliphatic heterocycles. The molecule has 2 rings (SSSR count). The quantitative estimate of drug-likeness (QED) is 0.376. The molecule has 0 bridgehead atoms. The van der Waals surface area contributed by atoms with E-state index in [0.717, 1.165) is 43.5 Å². The van der Waals surface area contributed by atoms with Gasteiger partial charge in [0.15, 0.2) is 5.96 Å². The van der Waals surface area contributed by atoms with E-state index >= 15 is 0 Å². The van der Waals surface area contributed by atoms with Gasteiger partial charge in [-0.15, -0.1) is 0 Å². The maximum atomic E-state index is 10.6. The molecule has 0 aromatic carbocycles. The Morgan fingerprint density at radius 3 is 2.80 bits per heavy atom. The average molecular weight is 367 g/mol. The molecular weight excluding hydrogens is 332 g/mol. The van der Waals surface area contributed by atoms with Crippen LogP contribution in [0.15, 0.2) is 21.8 Å². The van der Waals surface area contributed by atoms with Crippen molar-refractivity contribution < 1.29 is 5.11 Å². The zero-order chi connectivity index (χ0) is 18.1. The zero-order valence-corrected chi connectivity index (χ0v) is 16.7. The van der Waals surface area contributed by atoms with Crippen molar-refractivity contribution in [1.82, 2.24) is 15.5 Å². The second-order valence-corrected chi connectivity index (χ2v) is 8.07. The fraction of sp³-hybridized carbons (Fsp3) is 0.737. The Labute approximate surface area is 156 Å². The van der Waals surface area contributed by atoms with Gasteiger partial charge in [0.25, 0.3) is 0 Å². The number of piperidine rings is 1. The van der Waals surface area contributed by atoms with Gasteiger partial charge in [-0.1, -0.05) is 6.92 Å². The summed E-state index contributed by atoms with van der Waals surface area (Å²) < 4.78 is 0. The molecule has 0 aliphatic carbocycles. The van der Waals surface area contributed by atoms with Gasteiger partial charge in [-0.3, -0.25) is 0 Å². The molecule has 1 aromatic heterocycles. The third-order valence-corrected chi connectivity index (χ3v) is 5.54. The number of nitrogens with zero attached hydrogens (tertiary/aromatic N) is 2. The number of rotatable bonds is 8. The zero-order valence-electron chi connectivity index (χ0n) is 15.9. The number of hydrogen-bond donors (Lipinski definition) is 3. The summed E-state index contributed by atoms with van der Waals surface area (Å²) in [6, 6.07) is 1.96. The maximum Gasteiger partial charge on any atom is 0.191 e. The molecule has 1 fully saturated rings. The largest absolute Gasteiger partial charge is 0.383 e. The molecule has 0 spiro atoms. The molecule has 1 saturated heterocycles. The van der Waals surface area contributed by atoms with Crippen molar-refractivity contribution in [3.8, 4) is 0 Å². The smallest absolute Gasteiger partial charge is 0.191 e. The highest BCUT2D eigenvalue weighted by molar-refractivity contribution is 7.08. The van der Waals surface area contributed by atoms with Crippen LogP contribution in [0.3, 0.4) is 0 Å². The summed E-state index contributed by atoms with van der Waals surface area (Å²) >= 11 is 1.60. The van der Waals surface area contributed by atoms with E-state index in [2.05, 4.69) is 34.4 Å². The molecule has 0 radical (unpaired) electrons. The van der Waals surface area contributed by atoms with Crippen LogP contribution in [0.25, 0.3) is 0 Å². The van der Waals surface area contributed by atoms with Crippen LogP contribution in [0.1, 0.15) is 45.6 Å². The van der Waals surface area contributed by atoms with E-state index in [9.17, 15) is 5.11 Å². The average Bonchev–Trinajstić information content (AvgIpc) is 3.13. The summed E-state index contributed by atoms with van der Waals surface area (Å²) in [4.78, 5) is 7.13. The fourth-order valence-corrected chi connectivity index (χ4v) is 3.81. The van der Waals surface area contributed by atoms with Crippen LogP contribution in [0.5, 0.6) is 0 Å². The van der Waals surface area contributed by atoms with E-state index in [4.69, 9.17) is 0 Å². The summed E-state index contributed by atoms with van der Waals surface area (Å²) in [5, 5.41) is 21.2. The van der Waals surface area contributed by atoms with Crippen LogP contribution in [0.4, 0.5) is 0 Å². The topological polar surface area (TPSA) is 59.9 Å². The minimum atomic E-state index is -0.924. The van der Waals surface area contributed by atoms with E-state index in [-0.39, 0.29) is 0 Å². The Bertz CT molecular complexity index is 508. The normalized spacial score (nSPS) is 19.6. The number of guanidine groups is 1. The highest BCUT2D eigenvalue weighted by Gasteiger charge is 2.23. The van der Waals surface area contributed by atoms with Gasteiger partial charge in [0.1, 0.15) is 5.60 Å². The van der Waals surface area contributed by atoms with Gasteiger partial charge in [0.05, 0.1) is 6.54 Å². The number of hydrogen-bond acceptors (Lipinski definition) is 4. The molecular formula is C19H34N4OS. The van der Waals surface area contributed by atoms with Crippen LogP contribution >= 0.6 is 11.3 Å². The molecule has 1 unspecified atom stereocenters. The summed E-state index contributed by atoms with van der Waals surface area (Å²) in [7, 11) is 0. The Balaban J connectivity index is 1.74. The summed E-state index contributed by atoms with van der Waals surface area (Å²) in [6.07, 6.45) is 3.77. The van der Waals surface area contributed by atoms with Gasteiger partial charge < -0.3 is 20.6 Å². The van der Waals surface area contributed by atoms with Gasteiger partial charge in [0, 0.05) is 13.1 Å². The van der Waals surface area contributed by atoms with Crippen molar-refractivity contribution in [3.05, 3.63) is 22.4 Å². The number of aliphatic hydroxyl groups is 1. The van der Waals surface area contributed by atoms with Crippen molar-refractivity contribution in [1.29, 1.82) is 0 Å². The van der Waals surface area contributed by atoms with Gasteiger partial charge in [0.2, 0.25) is 0 Å². The predicted molar refractivity (Wildman–Crippen MR) is 107 cm³/mol. The molecule has 6 heteroatoms. The van der Waals surface area contributed by atoms with Crippen molar-refractivity contribution >= 4 is 17.3 Å². The molecule has 3 N–H and O–H groups in total. The molecule has 2 heterocycles. The Kier molecular flexibility index (Phi) is 8.19. The Morgan fingerprint density at radius 1 is 1.40 bits per heavy atom. The maximum absolute atomic E-state index is 10.6. The standard InChI is InChI=1S/C19H34N4OS/c1-4-20-18(22-15-19(3,24)17-8-13-25-14-17)21-9-5-10-23-11-6-16(2)7-12-23/h8,13-14,16,24H,4-7,9-12,15H2,1-3H3,(H2,20,21,22). The predicted octanol–water partition coefficient (Wildman–Crippen LogP) is 2.63. The number of thiophene rings is 1. The first-order chi connectivity index (χ1) is 12.0. The number of nitrogens with one attached hydrogen (secondary N) is 2. The van der Waals surface area contributed by atoms with Crippen LogP contribution < -0.4 is 10.6 Å². The van der Waals surface area contributed by atoms with Crippen molar-refractivity contribution in [2.45, 2.75) is 45.6 Å². The third kappa shape index (κ3) is 6.96. The lowest BCUT2D eigenvalue weighted by Crippen LogP contribution is -2.40. The molecule has 25 heavy (non-hydrogen) atoms. The number of likely N-dealkylation sites (tertiary alicyclic amines) is 1. The molecule has 1 aliphatic rings. The first-order valence-corrected chi connectivity index (χ1v) is 10.4. The van der Waals surface area contributed by atoms with Crippen LogP contribution in [0, 0.1) is 5.92 Å². The van der Waals surface area contributed by atoms with E-state index in [1.807, 2.05) is 23.8 Å². The van der Waals surface area contributed by atoms with Crippen LogP contribution in [0.2, 0.25) is 0 Å². The minimum Gasteiger partial charge on any atom is -0.383 e. The minimum absolute atomic E-state index is 0.350. The summed E-state index contributed by atoms with van der Waals surface area (Å²) in [6.45, 7) is 11.9. The lowest BCUT2D eigenvalue weighted by molar-refractivity contribution is 0.0677. The molecule has 5 nitrogen and oxygen atoms in total. The van der Waals surface area contributed by atoms with Crippen molar-refractivity contribution in [2.24, 2.45) is 10.9 Å². The van der Waals surface area contributed by atoms with Gasteiger partial charge >= 0.3 is 0 Å². The van der Waals surface area contributed by atoms with Crippen molar-refractivity contribution in [2.75, 3.05) is 39.3 Å². The van der Waals surface area contributed by atoms with Crippen molar-refractivity contribution in [3.63, 3.8) is 0 Å². The van der Waals surface area contributed by atoms with Crippen LogP contribution in [-0.4, -0.2) is 55.2 Å². The Morgan fingerprint density at radius 2 is 2.16 bits per heavy atom. The second kappa shape index (κ2) is 10.1. The number of aliphatic imine (C=N–C) groups is 1. The van der Waals surface area contributed by atoms with Gasteiger partial charge in [-0.25, -0.2) is 4.99 Å². The van der Waals surface area contributed by atoms with E-state index in [0.29, 0.717) is 6.54 Å². The lowest BCUT2D eigenvalue weighted by atomic mass is 9.99. The van der Waals surface area contributed by atoms with E-state index in [1.54, 1.807) is 11.3 Å². The molecule has 1 aromatic rings.